The summed E-state index contributed by atoms with van der Waals surface area (Å²) in [5.74, 6) is -1.71. The Bertz CT molecular complexity index is 1480. The normalized spacial score (nSPS) is 12.2. The number of halogens is 3. The maximum absolute atomic E-state index is 15.0. The van der Waals surface area contributed by atoms with Crippen molar-refractivity contribution in [3.05, 3.63) is 93.7 Å². The van der Waals surface area contributed by atoms with Crippen LogP contribution < -0.4 is 9.62 Å². The lowest BCUT2D eigenvalue weighted by Crippen LogP contribution is -2.52. The summed E-state index contributed by atoms with van der Waals surface area (Å²) in [6, 6.07) is 15.3. The number of carbonyl (C=O) groups excluding carboxylic acids is 2. The predicted octanol–water partition coefficient (Wildman–Crippen LogP) is 6.22. The van der Waals surface area contributed by atoms with Gasteiger partial charge in [0, 0.05) is 13.1 Å². The van der Waals surface area contributed by atoms with Crippen LogP contribution in [0.5, 0.6) is 0 Å². The standard InChI is InChI=1S/C30H34Cl2FN3O4S/c1-5-27(30(38)34-17-20(2)3)35(18-22-12-15-24(31)25(32)16-22)29(37)19-36(28-9-7-6-8-26(28)33)41(39,40)23-13-10-21(4)11-14-23/h6-16,20,27H,5,17-19H2,1-4H3,(H,34,38). The summed E-state index contributed by atoms with van der Waals surface area (Å²) in [4.78, 5) is 28.5. The van der Waals surface area contributed by atoms with Crippen LogP contribution in [-0.2, 0) is 26.2 Å². The molecule has 0 aliphatic rings. The van der Waals surface area contributed by atoms with Crippen LogP contribution in [0.3, 0.4) is 0 Å². The number of nitrogens with zero attached hydrogens (tertiary/aromatic N) is 2. The number of nitrogens with one attached hydrogen (secondary N) is 1. The first-order valence-electron chi connectivity index (χ1n) is 13.2. The highest BCUT2D eigenvalue weighted by Crippen LogP contribution is 2.28. The maximum Gasteiger partial charge on any atom is 0.264 e. The molecule has 11 heteroatoms. The quantitative estimate of drug-likeness (QED) is 0.260. The molecule has 0 aliphatic heterocycles. The second-order valence-electron chi connectivity index (χ2n) is 10.1. The predicted molar refractivity (Wildman–Crippen MR) is 161 cm³/mol. The molecule has 0 saturated carbocycles. The zero-order valence-corrected chi connectivity index (χ0v) is 25.7. The highest BCUT2D eigenvalue weighted by Gasteiger charge is 2.34. The molecule has 3 aromatic carbocycles. The van der Waals surface area contributed by atoms with Crippen molar-refractivity contribution in [2.24, 2.45) is 5.92 Å². The molecule has 1 N–H and O–H groups in total. The van der Waals surface area contributed by atoms with Crippen LogP contribution in [-0.4, -0.2) is 44.3 Å². The number of sulfonamides is 1. The van der Waals surface area contributed by atoms with Crippen LogP contribution in [0.25, 0.3) is 0 Å². The summed E-state index contributed by atoms with van der Waals surface area (Å²) in [6.07, 6.45) is 0.251. The highest BCUT2D eigenvalue weighted by atomic mass is 35.5. The first kappa shape index (κ1) is 32.4. The number of anilines is 1. The Morgan fingerprint density at radius 3 is 2.22 bits per heavy atom. The van der Waals surface area contributed by atoms with Crippen LogP contribution in [0.2, 0.25) is 10.0 Å². The van der Waals surface area contributed by atoms with Gasteiger partial charge >= 0.3 is 0 Å². The van der Waals surface area contributed by atoms with Gasteiger partial charge in [-0.25, -0.2) is 12.8 Å². The van der Waals surface area contributed by atoms with Gasteiger partial charge in [-0.15, -0.1) is 0 Å². The number of amides is 2. The van der Waals surface area contributed by atoms with E-state index in [4.69, 9.17) is 23.2 Å². The summed E-state index contributed by atoms with van der Waals surface area (Å²) in [5, 5.41) is 3.45. The van der Waals surface area contributed by atoms with E-state index in [1.165, 1.54) is 35.2 Å². The number of aryl methyl sites for hydroxylation is 1. The average Bonchev–Trinajstić information content (AvgIpc) is 2.93. The van der Waals surface area contributed by atoms with Gasteiger partial charge in [0.25, 0.3) is 10.0 Å². The number of carbonyl (C=O) groups is 2. The van der Waals surface area contributed by atoms with E-state index in [-0.39, 0.29) is 40.4 Å². The Morgan fingerprint density at radius 1 is 0.976 bits per heavy atom. The molecule has 0 fully saturated rings. The number of hydrogen-bond donors (Lipinski definition) is 1. The first-order chi connectivity index (χ1) is 19.3. The fourth-order valence-corrected chi connectivity index (χ4v) is 5.92. The average molecular weight is 623 g/mol. The highest BCUT2D eigenvalue weighted by molar-refractivity contribution is 7.92. The summed E-state index contributed by atoms with van der Waals surface area (Å²) < 4.78 is 43.4. The summed E-state index contributed by atoms with van der Waals surface area (Å²) >= 11 is 12.3. The van der Waals surface area contributed by atoms with E-state index >= 15 is 4.39 Å². The third kappa shape index (κ3) is 8.21. The molecule has 220 valence electrons. The van der Waals surface area contributed by atoms with Gasteiger partial charge in [0.15, 0.2) is 0 Å². The van der Waals surface area contributed by atoms with E-state index in [1.807, 2.05) is 20.8 Å². The van der Waals surface area contributed by atoms with Crippen molar-refractivity contribution in [3.63, 3.8) is 0 Å². The van der Waals surface area contributed by atoms with Crippen LogP contribution in [0.15, 0.2) is 71.6 Å². The Kier molecular flexibility index (Phi) is 11.2. The lowest BCUT2D eigenvalue weighted by molar-refractivity contribution is -0.140. The monoisotopic (exact) mass is 621 g/mol. The van der Waals surface area contributed by atoms with Crippen molar-refractivity contribution >= 4 is 50.7 Å². The fourth-order valence-electron chi connectivity index (χ4n) is 4.18. The van der Waals surface area contributed by atoms with Crippen molar-refractivity contribution in [2.75, 3.05) is 17.4 Å². The number of para-hydroxylation sites is 1. The summed E-state index contributed by atoms with van der Waals surface area (Å²) in [5.41, 5.74) is 1.14. The molecule has 0 heterocycles. The molecule has 0 aliphatic carbocycles. The van der Waals surface area contributed by atoms with Crippen LogP contribution in [0.1, 0.15) is 38.3 Å². The third-order valence-corrected chi connectivity index (χ3v) is 8.93. The largest absolute Gasteiger partial charge is 0.354 e. The van der Waals surface area contributed by atoms with Gasteiger partial charge in [-0.05, 0) is 61.2 Å². The zero-order valence-electron chi connectivity index (χ0n) is 23.4. The van der Waals surface area contributed by atoms with E-state index in [1.54, 1.807) is 37.3 Å². The topological polar surface area (TPSA) is 86.8 Å². The molecule has 1 unspecified atom stereocenters. The van der Waals surface area contributed by atoms with Crippen molar-refractivity contribution in [2.45, 2.75) is 51.6 Å². The first-order valence-corrected chi connectivity index (χ1v) is 15.4. The Balaban J connectivity index is 2.07. The molecule has 3 aromatic rings. The molecular formula is C30H34Cl2FN3O4S. The molecule has 0 radical (unpaired) electrons. The van der Waals surface area contributed by atoms with Crippen LogP contribution in [0, 0.1) is 18.7 Å². The van der Waals surface area contributed by atoms with Gasteiger partial charge in [-0.3, -0.25) is 13.9 Å². The van der Waals surface area contributed by atoms with Gasteiger partial charge < -0.3 is 10.2 Å². The summed E-state index contributed by atoms with van der Waals surface area (Å²) in [7, 11) is -4.37. The van der Waals surface area contributed by atoms with Gasteiger partial charge in [0.05, 0.1) is 20.6 Å². The molecule has 0 spiro atoms. The second-order valence-corrected chi connectivity index (χ2v) is 12.8. The van der Waals surface area contributed by atoms with E-state index in [0.717, 1.165) is 15.9 Å². The van der Waals surface area contributed by atoms with Crippen LogP contribution >= 0.6 is 23.2 Å². The van der Waals surface area contributed by atoms with E-state index in [0.29, 0.717) is 17.1 Å². The molecular weight excluding hydrogens is 588 g/mol. The van der Waals surface area contributed by atoms with Crippen molar-refractivity contribution in [1.82, 2.24) is 10.2 Å². The minimum atomic E-state index is -4.37. The van der Waals surface area contributed by atoms with Crippen LogP contribution in [0.4, 0.5) is 10.1 Å². The number of hydrogen-bond acceptors (Lipinski definition) is 4. The smallest absolute Gasteiger partial charge is 0.264 e. The SMILES string of the molecule is CCC(C(=O)NCC(C)C)N(Cc1ccc(Cl)c(Cl)c1)C(=O)CN(c1ccccc1F)S(=O)(=O)c1ccc(C)cc1. The van der Waals surface area contributed by atoms with Gasteiger partial charge in [-0.2, -0.15) is 0 Å². The second kappa shape index (κ2) is 14.2. The van der Waals surface area contributed by atoms with Crippen molar-refractivity contribution < 1.29 is 22.4 Å². The fraction of sp³-hybridized carbons (Fsp3) is 0.333. The number of benzene rings is 3. The molecule has 0 bridgehead atoms. The molecule has 0 aromatic heterocycles. The minimum absolute atomic E-state index is 0.0565. The lowest BCUT2D eigenvalue weighted by atomic mass is 10.1. The molecule has 41 heavy (non-hydrogen) atoms. The zero-order chi connectivity index (χ0) is 30.3. The molecule has 1 atom stereocenters. The molecule has 7 nitrogen and oxygen atoms in total. The molecule has 3 rings (SSSR count). The van der Waals surface area contributed by atoms with Crippen molar-refractivity contribution in [1.29, 1.82) is 0 Å². The van der Waals surface area contributed by atoms with E-state index in [9.17, 15) is 18.0 Å². The Hall–Kier alpha value is -3.14. The Labute approximate surface area is 251 Å². The maximum atomic E-state index is 15.0. The minimum Gasteiger partial charge on any atom is -0.354 e. The third-order valence-electron chi connectivity index (χ3n) is 6.42. The Morgan fingerprint density at radius 2 is 1.63 bits per heavy atom. The number of rotatable bonds is 12. The van der Waals surface area contributed by atoms with E-state index in [2.05, 4.69) is 5.32 Å². The van der Waals surface area contributed by atoms with E-state index < -0.39 is 34.3 Å². The lowest BCUT2D eigenvalue weighted by Gasteiger charge is -2.33. The molecule has 2 amide bonds. The van der Waals surface area contributed by atoms with Gasteiger partial charge in [0.2, 0.25) is 11.8 Å². The van der Waals surface area contributed by atoms with Gasteiger partial charge in [-0.1, -0.05) is 79.9 Å². The van der Waals surface area contributed by atoms with Crippen molar-refractivity contribution in [3.8, 4) is 0 Å². The molecule has 0 saturated heterocycles. The summed E-state index contributed by atoms with van der Waals surface area (Å²) in [6.45, 7) is 7.06. The van der Waals surface area contributed by atoms with Gasteiger partial charge in [0.1, 0.15) is 18.4 Å².